The second kappa shape index (κ2) is 8.12. The zero-order valence-corrected chi connectivity index (χ0v) is 13.2. The highest BCUT2D eigenvalue weighted by atomic mass is 79.9. The number of carbonyl (C=O) groups is 1. The summed E-state index contributed by atoms with van der Waals surface area (Å²) in [6, 6.07) is 1.78. The number of pyridine rings is 1. The molecule has 0 fully saturated rings. The van der Waals surface area contributed by atoms with Crippen LogP contribution in [0.5, 0.6) is 0 Å². The minimum Gasteiger partial charge on any atom is -0.380 e. The van der Waals surface area contributed by atoms with E-state index in [1.807, 2.05) is 13.8 Å². The molecule has 0 bridgehead atoms. The highest BCUT2D eigenvalue weighted by Crippen LogP contribution is 2.19. The first-order valence-corrected chi connectivity index (χ1v) is 7.13. The van der Waals surface area contributed by atoms with Crippen LogP contribution in [0.25, 0.3) is 0 Å². The van der Waals surface area contributed by atoms with Crippen LogP contribution in [0.4, 0.5) is 5.82 Å². The Bertz CT molecular complexity index is 426. The van der Waals surface area contributed by atoms with Crippen LogP contribution in [0, 0.1) is 0 Å². The van der Waals surface area contributed by atoms with Gasteiger partial charge in [0, 0.05) is 37.4 Å². The number of anilines is 1. The molecule has 1 amide bonds. The van der Waals surface area contributed by atoms with Crippen LogP contribution in [0.2, 0.25) is 0 Å². The summed E-state index contributed by atoms with van der Waals surface area (Å²) in [5, 5.41) is 2.94. The van der Waals surface area contributed by atoms with Gasteiger partial charge in [0.1, 0.15) is 5.82 Å². The molecule has 6 heteroatoms. The van der Waals surface area contributed by atoms with Gasteiger partial charge in [-0.3, -0.25) is 4.79 Å². The van der Waals surface area contributed by atoms with E-state index >= 15 is 0 Å². The maximum absolute atomic E-state index is 12.5. The summed E-state index contributed by atoms with van der Waals surface area (Å²) in [6.07, 6.45) is 1.67. The van der Waals surface area contributed by atoms with E-state index in [0.717, 1.165) is 4.47 Å². The van der Waals surface area contributed by atoms with E-state index in [2.05, 4.69) is 26.2 Å². The Labute approximate surface area is 122 Å². The zero-order valence-electron chi connectivity index (χ0n) is 11.6. The smallest absolute Gasteiger partial charge is 0.257 e. The van der Waals surface area contributed by atoms with Crippen molar-refractivity contribution in [1.29, 1.82) is 0 Å². The summed E-state index contributed by atoms with van der Waals surface area (Å²) in [5.41, 5.74) is 0.565. The summed E-state index contributed by atoms with van der Waals surface area (Å²) in [7, 11) is 1.75. The predicted molar refractivity (Wildman–Crippen MR) is 79.6 cm³/mol. The van der Waals surface area contributed by atoms with Gasteiger partial charge in [-0.25, -0.2) is 4.98 Å². The number of hydrogen-bond acceptors (Lipinski definition) is 4. The molecule has 0 saturated heterocycles. The second-order valence-corrected chi connectivity index (χ2v) is 4.80. The Hall–Kier alpha value is -1.14. The van der Waals surface area contributed by atoms with Gasteiger partial charge in [0.25, 0.3) is 5.91 Å². The number of nitrogens with zero attached hydrogens (tertiary/aromatic N) is 2. The molecule has 0 atom stereocenters. The van der Waals surface area contributed by atoms with Crippen LogP contribution in [0.15, 0.2) is 16.7 Å². The average molecular weight is 330 g/mol. The summed E-state index contributed by atoms with van der Waals surface area (Å²) < 4.78 is 6.09. The van der Waals surface area contributed by atoms with Gasteiger partial charge in [-0.2, -0.15) is 0 Å². The SMILES string of the molecule is CCOCCN(CC)C(=O)c1cc(Br)cnc1NC. The molecular weight excluding hydrogens is 310 g/mol. The Morgan fingerprint density at radius 2 is 2.26 bits per heavy atom. The summed E-state index contributed by atoms with van der Waals surface area (Å²) >= 11 is 3.34. The van der Waals surface area contributed by atoms with E-state index in [1.54, 1.807) is 24.2 Å². The van der Waals surface area contributed by atoms with Crippen molar-refractivity contribution in [2.24, 2.45) is 0 Å². The number of carbonyl (C=O) groups excluding carboxylic acids is 1. The van der Waals surface area contributed by atoms with Crippen molar-refractivity contribution in [3.63, 3.8) is 0 Å². The van der Waals surface area contributed by atoms with Crippen LogP contribution in [-0.4, -0.2) is 49.1 Å². The molecule has 1 N–H and O–H groups in total. The molecular formula is C13H20BrN3O2. The minimum atomic E-state index is -0.0413. The molecule has 0 saturated carbocycles. The number of aromatic nitrogens is 1. The Morgan fingerprint density at radius 3 is 2.84 bits per heavy atom. The fourth-order valence-corrected chi connectivity index (χ4v) is 2.03. The number of amides is 1. The molecule has 0 aliphatic rings. The number of halogens is 1. The molecule has 5 nitrogen and oxygen atoms in total. The maximum atomic E-state index is 12.5. The fraction of sp³-hybridized carbons (Fsp3) is 0.538. The quantitative estimate of drug-likeness (QED) is 0.780. The number of ether oxygens (including phenoxy) is 1. The van der Waals surface area contributed by atoms with E-state index in [-0.39, 0.29) is 5.91 Å². The number of hydrogen-bond donors (Lipinski definition) is 1. The first kappa shape index (κ1) is 15.9. The van der Waals surface area contributed by atoms with Gasteiger partial charge in [-0.05, 0) is 35.8 Å². The topological polar surface area (TPSA) is 54.5 Å². The third-order valence-corrected chi connectivity index (χ3v) is 3.13. The van der Waals surface area contributed by atoms with Gasteiger partial charge in [0.15, 0.2) is 0 Å². The normalized spacial score (nSPS) is 10.3. The van der Waals surface area contributed by atoms with Crippen molar-refractivity contribution in [2.75, 3.05) is 38.7 Å². The second-order valence-electron chi connectivity index (χ2n) is 3.88. The van der Waals surface area contributed by atoms with Crippen molar-refractivity contribution in [1.82, 2.24) is 9.88 Å². The lowest BCUT2D eigenvalue weighted by Gasteiger charge is -2.21. The fourth-order valence-electron chi connectivity index (χ4n) is 1.69. The molecule has 1 rings (SSSR count). The lowest BCUT2D eigenvalue weighted by molar-refractivity contribution is 0.0669. The predicted octanol–water partition coefficient (Wildman–Crippen LogP) is 2.38. The van der Waals surface area contributed by atoms with Gasteiger partial charge in [0.05, 0.1) is 12.2 Å². The van der Waals surface area contributed by atoms with Gasteiger partial charge >= 0.3 is 0 Å². The molecule has 19 heavy (non-hydrogen) atoms. The van der Waals surface area contributed by atoms with Gasteiger partial charge in [0.2, 0.25) is 0 Å². The monoisotopic (exact) mass is 329 g/mol. The van der Waals surface area contributed by atoms with Crippen molar-refractivity contribution >= 4 is 27.7 Å². The van der Waals surface area contributed by atoms with Gasteiger partial charge in [-0.15, -0.1) is 0 Å². The van der Waals surface area contributed by atoms with Crippen molar-refractivity contribution in [3.05, 3.63) is 22.3 Å². The lowest BCUT2D eigenvalue weighted by atomic mass is 10.2. The van der Waals surface area contributed by atoms with E-state index in [0.29, 0.717) is 37.7 Å². The highest BCUT2D eigenvalue weighted by molar-refractivity contribution is 9.10. The minimum absolute atomic E-state index is 0.0413. The molecule has 0 unspecified atom stereocenters. The number of likely N-dealkylation sites (N-methyl/N-ethyl adjacent to an activating group) is 1. The van der Waals surface area contributed by atoms with Crippen LogP contribution in [0.1, 0.15) is 24.2 Å². The van der Waals surface area contributed by atoms with Gasteiger partial charge in [-0.1, -0.05) is 0 Å². The zero-order chi connectivity index (χ0) is 14.3. The molecule has 0 aromatic carbocycles. The van der Waals surface area contributed by atoms with Crippen LogP contribution < -0.4 is 5.32 Å². The average Bonchev–Trinajstić information content (AvgIpc) is 2.43. The van der Waals surface area contributed by atoms with E-state index in [9.17, 15) is 4.79 Å². The largest absolute Gasteiger partial charge is 0.380 e. The maximum Gasteiger partial charge on any atom is 0.257 e. The molecule has 0 spiro atoms. The Balaban J connectivity index is 2.87. The van der Waals surface area contributed by atoms with E-state index in [4.69, 9.17) is 4.74 Å². The lowest BCUT2D eigenvalue weighted by Crippen LogP contribution is -2.34. The molecule has 0 radical (unpaired) electrons. The van der Waals surface area contributed by atoms with E-state index < -0.39 is 0 Å². The van der Waals surface area contributed by atoms with Crippen molar-refractivity contribution in [2.45, 2.75) is 13.8 Å². The molecule has 106 valence electrons. The van der Waals surface area contributed by atoms with Crippen LogP contribution in [0.3, 0.4) is 0 Å². The molecule has 1 aromatic heterocycles. The van der Waals surface area contributed by atoms with Gasteiger partial charge < -0.3 is 15.0 Å². The van der Waals surface area contributed by atoms with Crippen molar-refractivity contribution < 1.29 is 9.53 Å². The highest BCUT2D eigenvalue weighted by Gasteiger charge is 2.18. The molecule has 1 aromatic rings. The molecule has 1 heterocycles. The first-order chi connectivity index (χ1) is 9.13. The number of rotatable bonds is 7. The first-order valence-electron chi connectivity index (χ1n) is 6.34. The summed E-state index contributed by atoms with van der Waals surface area (Å²) in [4.78, 5) is 18.4. The standard InChI is InChI=1S/C13H20BrN3O2/c1-4-17(6-7-19-5-2)13(18)11-8-10(14)9-16-12(11)15-3/h8-9H,4-7H2,1-3H3,(H,15,16). The third kappa shape index (κ3) is 4.47. The van der Waals surface area contributed by atoms with Crippen molar-refractivity contribution in [3.8, 4) is 0 Å². The van der Waals surface area contributed by atoms with Crippen LogP contribution >= 0.6 is 15.9 Å². The van der Waals surface area contributed by atoms with E-state index in [1.165, 1.54) is 0 Å². The summed E-state index contributed by atoms with van der Waals surface area (Å²) in [6.45, 7) is 6.32. The molecule has 0 aliphatic heterocycles. The number of nitrogens with one attached hydrogen (secondary N) is 1. The summed E-state index contributed by atoms with van der Waals surface area (Å²) in [5.74, 6) is 0.545. The Kier molecular flexibility index (Phi) is 6.80. The van der Waals surface area contributed by atoms with Crippen LogP contribution in [-0.2, 0) is 4.74 Å². The Morgan fingerprint density at radius 1 is 1.53 bits per heavy atom. The molecule has 0 aliphatic carbocycles. The third-order valence-electron chi connectivity index (χ3n) is 2.70.